The first-order valence-electron chi connectivity index (χ1n) is 4.19. The average Bonchev–Trinajstić information content (AvgIpc) is 2.07. The van der Waals surface area contributed by atoms with Crippen LogP contribution in [0.5, 0.6) is 0 Å². The fourth-order valence-electron chi connectivity index (χ4n) is 0.861. The molecule has 0 saturated carbocycles. The Kier molecular flexibility index (Phi) is 7.12. The van der Waals surface area contributed by atoms with Crippen LogP contribution < -0.4 is 0 Å². The summed E-state index contributed by atoms with van der Waals surface area (Å²) in [5, 5.41) is 0. The second kappa shape index (κ2) is 6.95. The molecular weight excluding hydrogens is 248 g/mol. The van der Waals surface area contributed by atoms with E-state index in [0.29, 0.717) is 0 Å². The van der Waals surface area contributed by atoms with Gasteiger partial charge in [-0.25, -0.2) is 0 Å². The molecule has 0 rings (SSSR count). The van der Waals surface area contributed by atoms with E-state index in [1.165, 1.54) is 12.8 Å². The molecule has 0 N–H and O–H groups in total. The second-order valence-corrected chi connectivity index (χ2v) is 6.73. The molecule has 0 spiro atoms. The monoisotopic (exact) mass is 268 g/mol. The van der Waals surface area contributed by atoms with E-state index in [4.69, 9.17) is 0 Å². The van der Waals surface area contributed by atoms with Crippen molar-refractivity contribution in [3.63, 3.8) is 0 Å². The van der Waals surface area contributed by atoms with Crippen molar-refractivity contribution in [2.75, 3.05) is 0 Å². The van der Waals surface area contributed by atoms with Crippen molar-refractivity contribution >= 4 is 20.9 Å². The molecule has 0 amide bonds. The van der Waals surface area contributed by atoms with Crippen molar-refractivity contribution in [3.8, 4) is 0 Å². The Bertz CT molecular complexity index is 104. The Morgan fingerprint density at radius 3 is 1.64 bits per heavy atom. The summed E-state index contributed by atoms with van der Waals surface area (Å²) < 4.78 is 1.62. The summed E-state index contributed by atoms with van der Waals surface area (Å²) in [6, 6.07) is 0. The molecule has 11 heavy (non-hydrogen) atoms. The molecule has 0 nitrogen and oxygen atoms in total. The van der Waals surface area contributed by atoms with Crippen molar-refractivity contribution in [2.45, 2.75) is 34.6 Å². The fraction of sp³-hybridized carbons (Fsp3) is 0.600. The number of hydrogen-bond donors (Lipinski definition) is 0. The van der Waals surface area contributed by atoms with E-state index in [-0.39, 0.29) is 20.9 Å². The molecule has 64 valence electrons. The van der Waals surface area contributed by atoms with Crippen LogP contribution in [-0.2, 0) is 0 Å². The van der Waals surface area contributed by atoms with Gasteiger partial charge in [-0.1, -0.05) is 0 Å². The van der Waals surface area contributed by atoms with E-state index < -0.39 is 0 Å². The average molecular weight is 266 g/mol. The summed E-state index contributed by atoms with van der Waals surface area (Å²) >= 11 is 0.0811. The van der Waals surface area contributed by atoms with Crippen LogP contribution in [0.1, 0.15) is 26.7 Å². The molecule has 0 fully saturated rings. The molecule has 0 aromatic rings. The van der Waals surface area contributed by atoms with Gasteiger partial charge in [-0.2, -0.15) is 0 Å². The molecule has 0 aliphatic heterocycles. The molecule has 0 bridgehead atoms. The zero-order valence-corrected chi connectivity index (χ0v) is 9.88. The van der Waals surface area contributed by atoms with Gasteiger partial charge >= 0.3 is 80.9 Å². The third kappa shape index (κ3) is 4.67. The van der Waals surface area contributed by atoms with Crippen molar-refractivity contribution in [1.82, 2.24) is 0 Å². The number of rotatable bonds is 6. The summed E-state index contributed by atoms with van der Waals surface area (Å²) in [7, 11) is 0. The predicted octanol–water partition coefficient (Wildman–Crippen LogP) is 3.46. The van der Waals surface area contributed by atoms with E-state index in [1.807, 2.05) is 0 Å². The summed E-state index contributed by atoms with van der Waals surface area (Å²) in [5.74, 6) is 0. The summed E-state index contributed by atoms with van der Waals surface area (Å²) in [6.45, 7) is 12.2. The third-order valence-corrected chi connectivity index (χ3v) is 6.68. The first kappa shape index (κ1) is 11.3. The van der Waals surface area contributed by atoms with Crippen LogP contribution in [-0.4, -0.2) is 20.9 Å². The van der Waals surface area contributed by atoms with Crippen LogP contribution in [0.3, 0.4) is 0 Å². The van der Waals surface area contributed by atoms with Gasteiger partial charge in [0.2, 0.25) is 0 Å². The van der Waals surface area contributed by atoms with Crippen molar-refractivity contribution in [3.05, 3.63) is 25.3 Å². The van der Waals surface area contributed by atoms with Crippen LogP contribution >= 0.6 is 0 Å². The Hall–Kier alpha value is 0.270. The summed E-state index contributed by atoms with van der Waals surface area (Å²) in [5.41, 5.74) is 0. The van der Waals surface area contributed by atoms with Gasteiger partial charge in [-0.15, -0.1) is 0 Å². The van der Waals surface area contributed by atoms with Gasteiger partial charge in [0.15, 0.2) is 0 Å². The Morgan fingerprint density at radius 1 is 1.09 bits per heavy atom. The molecule has 0 aliphatic rings. The van der Waals surface area contributed by atoms with E-state index in [1.54, 1.807) is 0 Å². The van der Waals surface area contributed by atoms with E-state index in [2.05, 4.69) is 39.2 Å². The molecule has 2 atom stereocenters. The Labute approximate surface area is 80.8 Å². The maximum atomic E-state index is 3.85. The predicted molar refractivity (Wildman–Crippen MR) is 54.2 cm³/mol. The van der Waals surface area contributed by atoms with Crippen LogP contribution in [0.4, 0.5) is 0 Å². The van der Waals surface area contributed by atoms with Crippen LogP contribution in [0.2, 0.25) is 7.93 Å². The number of allylic oxidation sites excluding steroid dienone is 2. The molecule has 0 saturated heterocycles. The van der Waals surface area contributed by atoms with Gasteiger partial charge in [0.1, 0.15) is 0 Å². The molecule has 0 heterocycles. The molecule has 1 heteroatoms. The van der Waals surface area contributed by atoms with Crippen LogP contribution in [0, 0.1) is 0 Å². The van der Waals surface area contributed by atoms with Gasteiger partial charge in [0, 0.05) is 0 Å². The molecule has 0 aromatic carbocycles. The fourth-order valence-corrected chi connectivity index (χ4v) is 3.88. The Morgan fingerprint density at radius 2 is 1.45 bits per heavy atom. The van der Waals surface area contributed by atoms with Crippen LogP contribution in [0.25, 0.3) is 0 Å². The van der Waals surface area contributed by atoms with E-state index in [0.717, 1.165) is 7.93 Å². The van der Waals surface area contributed by atoms with E-state index in [9.17, 15) is 0 Å². The van der Waals surface area contributed by atoms with Gasteiger partial charge in [0.05, 0.1) is 0 Å². The first-order chi connectivity index (χ1) is 5.28. The van der Waals surface area contributed by atoms with Gasteiger partial charge in [-0.05, 0) is 0 Å². The maximum absolute atomic E-state index is 3.85. The standard InChI is InChI=1S/C10H18Te/c1-5-9(6-2)11-10(7-3)8-4/h5,7,9-10H,1,3,6,8H2,2,4H3. The van der Waals surface area contributed by atoms with Crippen molar-refractivity contribution < 1.29 is 0 Å². The molecular formula is C10H18Te. The minimum absolute atomic E-state index is 0.0811. The Balaban J connectivity index is 3.76. The topological polar surface area (TPSA) is 0 Å². The summed E-state index contributed by atoms with van der Waals surface area (Å²) in [6.07, 6.45) is 6.76. The summed E-state index contributed by atoms with van der Waals surface area (Å²) in [4.78, 5) is 0. The molecule has 0 aliphatic carbocycles. The van der Waals surface area contributed by atoms with Crippen molar-refractivity contribution in [1.29, 1.82) is 0 Å². The molecule has 0 aromatic heterocycles. The van der Waals surface area contributed by atoms with E-state index >= 15 is 0 Å². The van der Waals surface area contributed by atoms with Gasteiger partial charge in [0.25, 0.3) is 0 Å². The van der Waals surface area contributed by atoms with Crippen molar-refractivity contribution in [2.24, 2.45) is 0 Å². The first-order valence-corrected chi connectivity index (χ1v) is 6.88. The zero-order valence-electron chi connectivity index (χ0n) is 7.55. The zero-order chi connectivity index (χ0) is 8.69. The SMILES string of the molecule is C=CC(CC)[Te]C(C=C)CC. The normalized spacial score (nSPS) is 15.5. The van der Waals surface area contributed by atoms with Crippen LogP contribution in [0.15, 0.2) is 25.3 Å². The quantitative estimate of drug-likeness (QED) is 0.510. The van der Waals surface area contributed by atoms with Gasteiger partial charge in [-0.3, -0.25) is 0 Å². The number of hydrogen-bond acceptors (Lipinski definition) is 0. The molecule has 0 radical (unpaired) electrons. The minimum atomic E-state index is 0.0811. The third-order valence-electron chi connectivity index (χ3n) is 1.68. The molecule has 2 unspecified atom stereocenters. The second-order valence-electron chi connectivity index (χ2n) is 2.50. The van der Waals surface area contributed by atoms with Gasteiger partial charge < -0.3 is 0 Å².